The average Bonchev–Trinajstić information content (AvgIpc) is 4.21. The Morgan fingerprint density at radius 3 is 1.33 bits per heavy atom. The van der Waals surface area contributed by atoms with Crippen molar-refractivity contribution >= 4 is 34.7 Å². The first kappa shape index (κ1) is 53.0. The molecule has 0 spiro atoms. The van der Waals surface area contributed by atoms with Crippen LogP contribution in [0.4, 0.5) is 0 Å². The van der Waals surface area contributed by atoms with Crippen molar-refractivity contribution in [1.82, 2.24) is 9.80 Å². The standard InChI is InChI=1S/C57H58N2O20/c1-22-54-30(13-36(76-22)78-34-17-56(70,24(3)60)15-28-40(34)52(68)44-42(48(28)64)46(62)26-9-7-11-32(72-5)38(26)50(44)66)58(20-74-54)19-59-21-75-55-23(2)77-37(14-31(55)59)79-35-18-57(71,25(4)61)16-29-41(35)53(69)45-43(49(29)65)47(63)27-10-8-12-33(73-6)39(27)51(45)67/h7-12,22-23,30-31,34-37,54-55,64-65,68-71H,13-21H2,1-6H3/t22?,23?,30?,31?,34?,35?,36?,37?,54?,55?,56-,57-/m0/s1. The molecule has 4 saturated heterocycles. The molecule has 8 aliphatic rings. The summed E-state index contributed by atoms with van der Waals surface area (Å²) < 4.78 is 49.5. The Labute approximate surface area is 451 Å². The van der Waals surface area contributed by atoms with Crippen LogP contribution < -0.4 is 9.47 Å². The largest absolute Gasteiger partial charge is 0.507 e. The van der Waals surface area contributed by atoms with E-state index < -0.39 is 166 Å². The predicted molar refractivity (Wildman–Crippen MR) is 268 cm³/mol. The molecule has 12 rings (SSSR count). The lowest BCUT2D eigenvalue weighted by molar-refractivity contribution is -0.248. The molecule has 0 bridgehead atoms. The maximum atomic E-state index is 14.2. The Hall–Kier alpha value is -6.70. The summed E-state index contributed by atoms with van der Waals surface area (Å²) >= 11 is 0. The Kier molecular flexibility index (Phi) is 12.7. The van der Waals surface area contributed by atoms with Gasteiger partial charge in [-0.05, 0) is 39.8 Å². The van der Waals surface area contributed by atoms with E-state index >= 15 is 0 Å². The van der Waals surface area contributed by atoms with Crippen molar-refractivity contribution in [3.63, 3.8) is 0 Å². The van der Waals surface area contributed by atoms with Gasteiger partial charge < -0.3 is 68.5 Å². The van der Waals surface area contributed by atoms with Crippen molar-refractivity contribution in [2.75, 3.05) is 34.3 Å². The van der Waals surface area contributed by atoms with Crippen LogP contribution in [-0.4, -0.2) is 170 Å². The molecule has 10 unspecified atom stereocenters. The van der Waals surface area contributed by atoms with Gasteiger partial charge in [0.1, 0.15) is 71.4 Å². The van der Waals surface area contributed by atoms with E-state index in [1.165, 1.54) is 64.5 Å². The third-order valence-corrected chi connectivity index (χ3v) is 17.5. The van der Waals surface area contributed by atoms with Crippen LogP contribution in [0.25, 0.3) is 0 Å². The molecule has 0 radical (unpaired) electrons. The van der Waals surface area contributed by atoms with Crippen LogP contribution in [0.5, 0.6) is 34.5 Å². The van der Waals surface area contributed by atoms with Gasteiger partial charge in [-0.15, -0.1) is 0 Å². The molecule has 22 heteroatoms. The molecule has 4 aliphatic heterocycles. The van der Waals surface area contributed by atoms with Crippen LogP contribution in [0.1, 0.15) is 152 Å². The van der Waals surface area contributed by atoms with Crippen LogP contribution in [-0.2, 0) is 50.9 Å². The summed E-state index contributed by atoms with van der Waals surface area (Å²) in [6.45, 7) is 6.55. The molecule has 416 valence electrons. The number of carbonyl (C=O) groups is 6. The second-order valence-corrected chi connectivity index (χ2v) is 21.9. The highest BCUT2D eigenvalue weighted by Crippen LogP contribution is 2.55. The number of hydrogen-bond acceptors (Lipinski definition) is 22. The minimum Gasteiger partial charge on any atom is -0.507 e. The van der Waals surface area contributed by atoms with Gasteiger partial charge in [0.2, 0.25) is 11.6 Å². The smallest absolute Gasteiger partial charge is 0.202 e. The number of aliphatic hydroxyl groups is 2. The Morgan fingerprint density at radius 2 is 0.962 bits per heavy atom. The SMILES string of the molecule is COc1cccc2c1C(=O)c1c(O)c3c(c(O)c1C2=O)C[C@@](O)(C(C)=O)CC3OC1CC2C(OCN2CN2COC3C(C)OC(OC4C[C@](O)(C(C)=O)Cc5c(O)c6c(c(O)c54)C(=O)c4c(OC)cccc4C6=O)CC32)C(C)O1. The third kappa shape index (κ3) is 7.97. The first-order valence-corrected chi connectivity index (χ1v) is 26.1. The molecule has 79 heavy (non-hydrogen) atoms. The number of Topliss-reactive ketones (excluding diaryl/α,β-unsaturated/α-hetero) is 2. The van der Waals surface area contributed by atoms with Crippen molar-refractivity contribution in [3.05, 3.63) is 103 Å². The molecule has 4 aliphatic carbocycles. The Bertz CT molecular complexity index is 3140. The lowest BCUT2D eigenvalue weighted by atomic mass is 9.72. The van der Waals surface area contributed by atoms with Crippen LogP contribution in [0.15, 0.2) is 36.4 Å². The van der Waals surface area contributed by atoms with Gasteiger partial charge in [-0.1, -0.05) is 24.3 Å². The molecule has 4 aromatic rings. The lowest BCUT2D eigenvalue weighted by Crippen LogP contribution is -2.55. The van der Waals surface area contributed by atoms with Gasteiger partial charge in [-0.25, -0.2) is 0 Å². The van der Waals surface area contributed by atoms with Gasteiger partial charge in [0.15, 0.2) is 35.7 Å². The Morgan fingerprint density at radius 1 is 0.582 bits per heavy atom. The number of carbonyl (C=O) groups excluding carboxylic acids is 6. The van der Waals surface area contributed by atoms with Crippen molar-refractivity contribution in [1.29, 1.82) is 0 Å². The van der Waals surface area contributed by atoms with E-state index in [0.717, 1.165) is 0 Å². The molecule has 4 aromatic carbocycles. The molecule has 22 nitrogen and oxygen atoms in total. The second-order valence-electron chi connectivity index (χ2n) is 21.9. The summed E-state index contributed by atoms with van der Waals surface area (Å²) in [6.07, 6.45) is -8.33. The summed E-state index contributed by atoms with van der Waals surface area (Å²) in [5.74, 6) is -6.86. The zero-order valence-electron chi connectivity index (χ0n) is 43.9. The van der Waals surface area contributed by atoms with E-state index in [4.69, 9.17) is 37.9 Å². The van der Waals surface area contributed by atoms with Gasteiger partial charge in [-0.2, -0.15) is 0 Å². The van der Waals surface area contributed by atoms with Crippen molar-refractivity contribution in [2.24, 2.45) is 0 Å². The summed E-state index contributed by atoms with van der Waals surface area (Å²) in [7, 11) is 2.66. The summed E-state index contributed by atoms with van der Waals surface area (Å²) in [4.78, 5) is 86.9. The number of benzene rings is 4. The van der Waals surface area contributed by atoms with Crippen molar-refractivity contribution in [2.45, 2.75) is 139 Å². The number of ether oxygens (including phenoxy) is 8. The highest BCUT2D eigenvalue weighted by Gasteiger charge is 2.55. The van der Waals surface area contributed by atoms with Gasteiger partial charge in [0.05, 0.1) is 78.7 Å². The van der Waals surface area contributed by atoms with Gasteiger partial charge in [-0.3, -0.25) is 38.6 Å². The summed E-state index contributed by atoms with van der Waals surface area (Å²) in [5.41, 5.74) is -6.80. The number of rotatable bonds is 10. The van der Waals surface area contributed by atoms with Gasteiger partial charge >= 0.3 is 0 Å². The molecule has 0 amide bonds. The van der Waals surface area contributed by atoms with Crippen LogP contribution >= 0.6 is 0 Å². The number of hydrogen-bond donors (Lipinski definition) is 6. The van der Waals surface area contributed by atoms with Crippen LogP contribution in [0.2, 0.25) is 0 Å². The van der Waals surface area contributed by atoms with E-state index in [1.807, 2.05) is 0 Å². The number of methoxy groups -OCH3 is 2. The highest BCUT2D eigenvalue weighted by atomic mass is 16.7. The molecule has 12 atom stereocenters. The maximum Gasteiger partial charge on any atom is 0.202 e. The molecular weight excluding hydrogens is 1030 g/mol. The number of phenols is 4. The zero-order chi connectivity index (χ0) is 56.0. The normalized spacial score (nSPS) is 31.7. The average molecular weight is 1090 g/mol. The minimum absolute atomic E-state index is 0.0554. The second kappa shape index (κ2) is 19.0. The number of phenolic OH excluding ortho intramolecular Hbond substituents is 4. The zero-order valence-corrected chi connectivity index (χ0v) is 43.9. The molecular formula is C57H58N2O20. The third-order valence-electron chi connectivity index (χ3n) is 17.5. The van der Waals surface area contributed by atoms with E-state index in [0.29, 0.717) is 0 Å². The van der Waals surface area contributed by atoms with Crippen molar-refractivity contribution < 1.29 is 97.3 Å². The number of fused-ring (bicyclic) bond motifs is 8. The minimum atomic E-state index is -2.11. The monoisotopic (exact) mass is 1090 g/mol. The maximum absolute atomic E-state index is 14.2. The molecule has 4 heterocycles. The predicted octanol–water partition coefficient (Wildman–Crippen LogP) is 3.71. The molecule has 0 aromatic heterocycles. The molecule has 6 N–H and O–H groups in total. The number of aromatic hydroxyl groups is 4. The van der Waals surface area contributed by atoms with E-state index in [9.17, 15) is 59.4 Å². The van der Waals surface area contributed by atoms with Gasteiger partial charge in [0, 0.05) is 84.0 Å². The number of ketones is 6. The van der Waals surface area contributed by atoms with Crippen molar-refractivity contribution in [3.8, 4) is 34.5 Å². The fourth-order valence-corrected chi connectivity index (χ4v) is 13.5. The van der Waals surface area contributed by atoms with Crippen LogP contribution in [0.3, 0.4) is 0 Å². The fraction of sp³-hybridized carbons (Fsp3) is 0.474. The number of nitrogens with zero attached hydrogens (tertiary/aromatic N) is 2. The van der Waals surface area contributed by atoms with E-state index in [2.05, 4.69) is 9.80 Å². The Balaban J connectivity index is 0.802. The highest BCUT2D eigenvalue weighted by molar-refractivity contribution is 6.32. The fourth-order valence-electron chi connectivity index (χ4n) is 13.5. The lowest BCUT2D eigenvalue weighted by Gasteiger charge is -2.44. The first-order valence-electron chi connectivity index (χ1n) is 26.1. The first-order chi connectivity index (χ1) is 37.6. The quantitative estimate of drug-likeness (QED) is 0.107. The summed E-state index contributed by atoms with van der Waals surface area (Å²) in [6, 6.07) is 8.09. The summed E-state index contributed by atoms with van der Waals surface area (Å²) in [5, 5.41) is 71.6. The van der Waals surface area contributed by atoms with E-state index in [-0.39, 0.29) is 101 Å². The van der Waals surface area contributed by atoms with Crippen LogP contribution in [0, 0.1) is 0 Å². The molecule has 0 saturated carbocycles. The van der Waals surface area contributed by atoms with E-state index in [1.54, 1.807) is 13.8 Å². The topological polar surface area (TPSA) is 304 Å². The van der Waals surface area contributed by atoms with Gasteiger partial charge in [0.25, 0.3) is 0 Å². The molecule has 4 fully saturated rings.